The normalized spacial score (nSPS) is 17.6. The van der Waals surface area contributed by atoms with E-state index in [0.29, 0.717) is 37.0 Å². The van der Waals surface area contributed by atoms with Crippen LogP contribution >= 0.6 is 0 Å². The predicted octanol–water partition coefficient (Wildman–Crippen LogP) is 5.06. The van der Waals surface area contributed by atoms with E-state index in [-0.39, 0.29) is 11.8 Å². The molecule has 1 aliphatic carbocycles. The molecule has 39 heavy (non-hydrogen) atoms. The number of carbonyl (C=O) groups is 1. The van der Waals surface area contributed by atoms with Gasteiger partial charge in [-0.3, -0.25) is 0 Å². The van der Waals surface area contributed by atoms with Crippen molar-refractivity contribution in [1.82, 2.24) is 4.90 Å². The lowest BCUT2D eigenvalue weighted by Gasteiger charge is -2.37. The molecule has 2 aromatic rings. The van der Waals surface area contributed by atoms with Crippen molar-refractivity contribution in [1.29, 1.82) is 0 Å². The second-order valence-corrected chi connectivity index (χ2v) is 10.7. The van der Waals surface area contributed by atoms with Crippen molar-refractivity contribution >= 4 is 5.97 Å². The monoisotopic (exact) mass is 543 g/mol. The molecule has 1 aliphatic rings. The van der Waals surface area contributed by atoms with Crippen molar-refractivity contribution in [2.75, 3.05) is 55.2 Å². The molecule has 1 unspecified atom stereocenters. The van der Waals surface area contributed by atoms with Crippen LogP contribution in [0.25, 0.3) is 0 Å². The van der Waals surface area contributed by atoms with Crippen LogP contribution in [0.15, 0.2) is 30.3 Å². The number of benzene rings is 2. The van der Waals surface area contributed by atoms with Crippen LogP contribution in [0.2, 0.25) is 0 Å². The zero-order valence-corrected chi connectivity index (χ0v) is 24.5. The van der Waals surface area contributed by atoms with Gasteiger partial charge in [-0.2, -0.15) is 0 Å². The first-order valence-corrected chi connectivity index (χ1v) is 13.7. The van der Waals surface area contributed by atoms with Crippen molar-refractivity contribution in [2.24, 2.45) is 11.8 Å². The summed E-state index contributed by atoms with van der Waals surface area (Å²) in [6, 6.07) is 10.1. The third-order valence-electron chi connectivity index (χ3n) is 7.81. The number of nitrogens with zero attached hydrogens (tertiary/aromatic N) is 1. The number of aryl methyl sites for hydroxylation is 1. The highest BCUT2D eigenvalue weighted by Gasteiger charge is 2.34. The summed E-state index contributed by atoms with van der Waals surface area (Å²) in [5, 5.41) is 9.89. The van der Waals surface area contributed by atoms with Gasteiger partial charge in [0, 0.05) is 13.1 Å². The Hall–Kier alpha value is -2.97. The van der Waals surface area contributed by atoms with Gasteiger partial charge < -0.3 is 33.7 Å². The third-order valence-corrected chi connectivity index (χ3v) is 7.81. The minimum absolute atomic E-state index is 0.236. The van der Waals surface area contributed by atoms with Gasteiger partial charge in [-0.15, -0.1) is 0 Å². The molecule has 3 atom stereocenters. The number of ether oxygens (including phenoxy) is 5. The van der Waals surface area contributed by atoms with Crippen molar-refractivity contribution in [2.45, 2.75) is 51.6 Å². The number of fused-ring (bicyclic) bond motifs is 1. The Kier molecular flexibility index (Phi) is 11.3. The van der Waals surface area contributed by atoms with E-state index >= 15 is 0 Å². The predicted molar refractivity (Wildman–Crippen MR) is 152 cm³/mol. The summed E-state index contributed by atoms with van der Waals surface area (Å²) < 4.78 is 27.9. The highest BCUT2D eigenvalue weighted by molar-refractivity contribution is 5.72. The summed E-state index contributed by atoms with van der Waals surface area (Å²) in [6.45, 7) is 6.27. The van der Waals surface area contributed by atoms with Crippen LogP contribution < -0.4 is 18.9 Å². The SMILES string of the molecule is COc1ccc(CCN(C)CCC(OC[C@@H]2CCc3cc(OC)c(OC)cc3[C@@H]2C(C)C)C(=O)O)cc1OC. The molecule has 0 heterocycles. The van der Waals surface area contributed by atoms with Crippen molar-refractivity contribution < 1.29 is 33.6 Å². The van der Waals surface area contributed by atoms with Gasteiger partial charge in [-0.1, -0.05) is 19.9 Å². The molecule has 216 valence electrons. The molecule has 3 rings (SSSR count). The smallest absolute Gasteiger partial charge is 0.332 e. The topological polar surface area (TPSA) is 86.7 Å². The molecule has 0 aliphatic heterocycles. The Morgan fingerprint density at radius 2 is 1.59 bits per heavy atom. The molecule has 0 amide bonds. The summed E-state index contributed by atoms with van der Waals surface area (Å²) in [5.41, 5.74) is 3.66. The molecule has 8 heteroatoms. The zero-order chi connectivity index (χ0) is 28.5. The number of likely N-dealkylation sites (N-methyl/N-ethyl adjacent to an activating group) is 1. The van der Waals surface area contributed by atoms with Crippen LogP contribution in [0.4, 0.5) is 0 Å². The molecule has 0 aromatic heterocycles. The lowest BCUT2D eigenvalue weighted by Crippen LogP contribution is -2.34. The van der Waals surface area contributed by atoms with Gasteiger partial charge in [0.25, 0.3) is 0 Å². The fraction of sp³-hybridized carbons (Fsp3) is 0.581. The first kappa shape index (κ1) is 30.6. The van der Waals surface area contributed by atoms with E-state index in [9.17, 15) is 9.90 Å². The second-order valence-electron chi connectivity index (χ2n) is 10.7. The maximum atomic E-state index is 12.1. The Morgan fingerprint density at radius 1 is 0.949 bits per heavy atom. The molecular formula is C31H45NO7. The Labute approximate surface area is 233 Å². The van der Waals surface area contributed by atoms with Crippen LogP contribution in [0.1, 0.15) is 49.3 Å². The van der Waals surface area contributed by atoms with Crippen LogP contribution in [0, 0.1) is 11.8 Å². The lowest BCUT2D eigenvalue weighted by molar-refractivity contribution is -0.152. The zero-order valence-electron chi connectivity index (χ0n) is 24.5. The molecule has 0 spiro atoms. The van der Waals surface area contributed by atoms with Gasteiger partial charge in [0.05, 0.1) is 35.0 Å². The standard InChI is InChI=1S/C31H45NO7/c1-20(2)30-23(10-9-22-17-28(37-6)29(38-7)18-24(22)30)19-39-26(31(33)34)13-15-32(3)14-12-21-8-11-25(35-4)27(16-21)36-5/h8,11,16-18,20,23,26,30H,9-10,12-15,19H2,1-7H3,(H,33,34)/t23-,26?,30+/m0/s1. The van der Waals surface area contributed by atoms with E-state index in [0.717, 1.165) is 42.9 Å². The van der Waals surface area contributed by atoms with E-state index in [2.05, 4.69) is 30.9 Å². The fourth-order valence-corrected chi connectivity index (χ4v) is 5.65. The van der Waals surface area contributed by atoms with Crippen molar-refractivity contribution in [3.63, 3.8) is 0 Å². The number of methoxy groups -OCH3 is 4. The van der Waals surface area contributed by atoms with Gasteiger partial charge in [0.1, 0.15) is 0 Å². The van der Waals surface area contributed by atoms with E-state index in [4.69, 9.17) is 23.7 Å². The Bertz CT molecular complexity index is 1090. The third kappa shape index (κ3) is 7.79. The number of aliphatic carboxylic acids is 1. The Morgan fingerprint density at radius 3 is 2.21 bits per heavy atom. The number of carboxylic acids is 1. The summed E-state index contributed by atoms with van der Waals surface area (Å²) >= 11 is 0. The maximum absolute atomic E-state index is 12.1. The Balaban J connectivity index is 1.58. The molecule has 1 N–H and O–H groups in total. The lowest BCUT2D eigenvalue weighted by atomic mass is 9.70. The second kappa shape index (κ2) is 14.4. The number of carboxylic acid groups (broad SMARTS) is 1. The first-order chi connectivity index (χ1) is 18.7. The first-order valence-electron chi connectivity index (χ1n) is 13.7. The number of hydrogen-bond donors (Lipinski definition) is 1. The van der Waals surface area contributed by atoms with Gasteiger partial charge in [0.2, 0.25) is 0 Å². The van der Waals surface area contributed by atoms with Gasteiger partial charge in [-0.25, -0.2) is 4.79 Å². The summed E-state index contributed by atoms with van der Waals surface area (Å²) in [5.74, 6) is 2.84. The van der Waals surface area contributed by atoms with Crippen LogP contribution in [-0.2, 0) is 22.4 Å². The van der Waals surface area contributed by atoms with E-state index in [1.165, 1.54) is 11.1 Å². The quantitative estimate of drug-likeness (QED) is 0.334. The minimum Gasteiger partial charge on any atom is -0.493 e. The summed E-state index contributed by atoms with van der Waals surface area (Å²) in [6.07, 6.45) is 2.26. The van der Waals surface area contributed by atoms with E-state index in [1.807, 2.05) is 25.2 Å². The molecular weight excluding hydrogens is 498 g/mol. The van der Waals surface area contributed by atoms with Crippen molar-refractivity contribution in [3.05, 3.63) is 47.0 Å². The van der Waals surface area contributed by atoms with Crippen LogP contribution in [0.3, 0.4) is 0 Å². The highest BCUT2D eigenvalue weighted by atomic mass is 16.5. The summed E-state index contributed by atoms with van der Waals surface area (Å²) in [7, 11) is 8.57. The minimum atomic E-state index is -0.910. The largest absolute Gasteiger partial charge is 0.493 e. The molecule has 0 bridgehead atoms. The average molecular weight is 544 g/mol. The molecule has 8 nitrogen and oxygen atoms in total. The van der Waals surface area contributed by atoms with Crippen LogP contribution in [-0.4, -0.2) is 77.3 Å². The summed E-state index contributed by atoms with van der Waals surface area (Å²) in [4.78, 5) is 14.2. The van der Waals surface area contributed by atoms with Gasteiger partial charge in [-0.05, 0) is 91.4 Å². The number of rotatable bonds is 15. The molecule has 2 aromatic carbocycles. The van der Waals surface area contributed by atoms with E-state index < -0.39 is 12.1 Å². The van der Waals surface area contributed by atoms with Gasteiger partial charge >= 0.3 is 5.97 Å². The fourth-order valence-electron chi connectivity index (χ4n) is 5.65. The molecule has 0 saturated carbocycles. The molecule has 0 radical (unpaired) electrons. The van der Waals surface area contributed by atoms with E-state index in [1.54, 1.807) is 28.4 Å². The molecule has 0 fully saturated rings. The highest BCUT2D eigenvalue weighted by Crippen LogP contribution is 2.45. The maximum Gasteiger partial charge on any atom is 0.332 e. The van der Waals surface area contributed by atoms with Crippen molar-refractivity contribution in [3.8, 4) is 23.0 Å². The number of hydrogen-bond acceptors (Lipinski definition) is 7. The molecule has 0 saturated heterocycles. The van der Waals surface area contributed by atoms with Crippen LogP contribution in [0.5, 0.6) is 23.0 Å². The van der Waals surface area contributed by atoms with Gasteiger partial charge in [0.15, 0.2) is 29.1 Å². The average Bonchev–Trinajstić information content (AvgIpc) is 2.94.